The summed E-state index contributed by atoms with van der Waals surface area (Å²) in [6, 6.07) is 8.55. The van der Waals surface area contributed by atoms with Gasteiger partial charge in [-0.25, -0.2) is 4.98 Å². The van der Waals surface area contributed by atoms with Crippen molar-refractivity contribution >= 4 is 29.2 Å². The molecule has 10 heteroatoms. The third-order valence-corrected chi connectivity index (χ3v) is 5.72. The zero-order chi connectivity index (χ0) is 26.2. The van der Waals surface area contributed by atoms with E-state index in [1.165, 1.54) is 11.1 Å². The Labute approximate surface area is 209 Å². The highest BCUT2D eigenvalue weighted by Crippen LogP contribution is 2.41. The molecule has 2 amide bonds. The third-order valence-electron chi connectivity index (χ3n) is 5.52. The van der Waals surface area contributed by atoms with Gasteiger partial charge in [-0.15, -0.1) is 0 Å². The zero-order valence-corrected chi connectivity index (χ0v) is 21.4. The molecular weight excluding hydrogens is 480 g/mol. The summed E-state index contributed by atoms with van der Waals surface area (Å²) in [7, 11) is 0. The molecule has 1 aliphatic rings. The van der Waals surface area contributed by atoms with Gasteiger partial charge < -0.3 is 19.7 Å². The Bertz CT molecular complexity index is 1020. The minimum absolute atomic E-state index is 0.0488. The largest absolute Gasteiger partial charge is 0.431 e. The summed E-state index contributed by atoms with van der Waals surface area (Å²) < 4.78 is 35.7. The number of aromatic nitrogens is 1. The number of carbonyl (C=O) groups is 2. The Balaban J connectivity index is 0.00000210. The number of halogens is 3. The molecule has 1 saturated heterocycles. The Morgan fingerprint density at radius 2 is 1.97 bits per heavy atom. The van der Waals surface area contributed by atoms with Crippen LogP contribution in [0.5, 0.6) is 5.75 Å². The lowest BCUT2D eigenvalue weighted by Gasteiger charge is -2.31. The second-order valence-electron chi connectivity index (χ2n) is 8.05. The fraction of sp³-hybridized carbons (Fsp3) is 0.480. The molecular formula is C25H32ClF2N3O4. The van der Waals surface area contributed by atoms with Crippen molar-refractivity contribution < 1.29 is 27.8 Å². The molecule has 7 nitrogen and oxygen atoms in total. The average molecular weight is 512 g/mol. The lowest BCUT2D eigenvalue weighted by Crippen LogP contribution is -2.44. The molecule has 1 aliphatic heterocycles. The SMILES string of the molecule is CC.CCOCN1CC(C(=O)Nc2ncc(Cl)cc2OC(F)F)(c2ccccc2C(C)C)CC1=O. The third kappa shape index (κ3) is 6.67. The summed E-state index contributed by atoms with van der Waals surface area (Å²) in [5.74, 6) is -1.30. The van der Waals surface area contributed by atoms with Crippen LogP contribution in [0.4, 0.5) is 14.6 Å². The zero-order valence-electron chi connectivity index (χ0n) is 20.6. The molecule has 1 aromatic heterocycles. The van der Waals surface area contributed by atoms with Crippen molar-refractivity contribution in [3.05, 3.63) is 52.7 Å². The van der Waals surface area contributed by atoms with Crippen LogP contribution in [0.25, 0.3) is 0 Å². The van der Waals surface area contributed by atoms with Crippen LogP contribution in [0.2, 0.25) is 5.02 Å². The van der Waals surface area contributed by atoms with E-state index in [2.05, 4.69) is 15.0 Å². The summed E-state index contributed by atoms with van der Waals surface area (Å²) in [5, 5.41) is 2.67. The van der Waals surface area contributed by atoms with Gasteiger partial charge in [0, 0.05) is 31.8 Å². The molecule has 1 aromatic carbocycles. The number of benzene rings is 1. The molecule has 0 spiro atoms. The van der Waals surface area contributed by atoms with Gasteiger partial charge >= 0.3 is 6.61 Å². The predicted molar refractivity (Wildman–Crippen MR) is 131 cm³/mol. The monoisotopic (exact) mass is 511 g/mol. The number of hydrogen-bond acceptors (Lipinski definition) is 5. The molecule has 35 heavy (non-hydrogen) atoms. The lowest BCUT2D eigenvalue weighted by molar-refractivity contribution is -0.132. The van der Waals surface area contributed by atoms with Crippen LogP contribution < -0.4 is 10.1 Å². The lowest BCUT2D eigenvalue weighted by atomic mass is 9.74. The minimum Gasteiger partial charge on any atom is -0.431 e. The molecule has 1 atom stereocenters. The van der Waals surface area contributed by atoms with Gasteiger partial charge in [0.15, 0.2) is 11.6 Å². The Hall–Kier alpha value is -2.78. The summed E-state index contributed by atoms with van der Waals surface area (Å²) in [5.41, 5.74) is 0.320. The van der Waals surface area contributed by atoms with Crippen molar-refractivity contribution in [2.75, 3.05) is 25.2 Å². The first kappa shape index (κ1) is 28.5. The van der Waals surface area contributed by atoms with Gasteiger partial charge in [-0.2, -0.15) is 8.78 Å². The number of nitrogens with zero attached hydrogens (tertiary/aromatic N) is 2. The van der Waals surface area contributed by atoms with E-state index in [0.29, 0.717) is 12.2 Å². The quantitative estimate of drug-likeness (QED) is 0.474. The Morgan fingerprint density at radius 3 is 2.60 bits per heavy atom. The number of rotatable bonds is 9. The molecule has 2 heterocycles. The highest BCUT2D eigenvalue weighted by atomic mass is 35.5. The second kappa shape index (κ2) is 12.8. The summed E-state index contributed by atoms with van der Waals surface area (Å²) in [4.78, 5) is 32.1. The van der Waals surface area contributed by atoms with Gasteiger partial charge in [-0.3, -0.25) is 9.59 Å². The van der Waals surface area contributed by atoms with Crippen LogP contribution in [-0.4, -0.2) is 48.2 Å². The van der Waals surface area contributed by atoms with Gasteiger partial charge in [-0.05, 0) is 24.0 Å². The molecule has 1 fully saturated rings. The van der Waals surface area contributed by atoms with Gasteiger partial charge in [0.2, 0.25) is 11.8 Å². The van der Waals surface area contributed by atoms with Crippen molar-refractivity contribution in [3.8, 4) is 5.75 Å². The van der Waals surface area contributed by atoms with E-state index in [-0.39, 0.29) is 48.1 Å². The van der Waals surface area contributed by atoms with Crippen LogP contribution in [0.15, 0.2) is 36.5 Å². The predicted octanol–water partition coefficient (Wildman–Crippen LogP) is 5.59. The van der Waals surface area contributed by atoms with Gasteiger partial charge in [-0.1, -0.05) is 63.6 Å². The van der Waals surface area contributed by atoms with Crippen LogP contribution in [0, 0.1) is 0 Å². The molecule has 0 saturated carbocycles. The van der Waals surface area contributed by atoms with Gasteiger partial charge in [0.25, 0.3) is 0 Å². The first-order chi connectivity index (χ1) is 16.7. The smallest absolute Gasteiger partial charge is 0.387 e. The molecule has 1 unspecified atom stereocenters. The van der Waals surface area contributed by atoms with Crippen LogP contribution in [0.3, 0.4) is 0 Å². The molecule has 0 bridgehead atoms. The Kier molecular flexibility index (Phi) is 10.4. The average Bonchev–Trinajstić information content (AvgIpc) is 3.17. The highest BCUT2D eigenvalue weighted by molar-refractivity contribution is 6.30. The molecule has 192 valence electrons. The summed E-state index contributed by atoms with van der Waals surface area (Å²) in [6.07, 6.45) is 1.11. The fourth-order valence-electron chi connectivity index (χ4n) is 3.98. The van der Waals surface area contributed by atoms with Crippen molar-refractivity contribution in [1.29, 1.82) is 0 Å². The number of pyridine rings is 1. The summed E-state index contributed by atoms with van der Waals surface area (Å²) in [6.45, 7) is 7.20. The van der Waals surface area contributed by atoms with Crippen LogP contribution >= 0.6 is 11.6 Å². The van der Waals surface area contributed by atoms with E-state index in [1.807, 2.05) is 52.8 Å². The number of ether oxygens (including phenoxy) is 2. The number of alkyl halides is 2. The number of amides is 2. The highest BCUT2D eigenvalue weighted by Gasteiger charge is 2.51. The number of hydrogen-bond donors (Lipinski definition) is 1. The van der Waals surface area contributed by atoms with E-state index in [0.717, 1.165) is 11.6 Å². The second-order valence-corrected chi connectivity index (χ2v) is 8.48. The first-order valence-electron chi connectivity index (χ1n) is 11.5. The van der Waals surface area contributed by atoms with Crippen molar-refractivity contribution in [2.45, 2.75) is 59.0 Å². The molecule has 2 aromatic rings. The Morgan fingerprint density at radius 1 is 1.29 bits per heavy atom. The van der Waals surface area contributed by atoms with E-state index in [9.17, 15) is 18.4 Å². The molecule has 1 N–H and O–H groups in total. The minimum atomic E-state index is -3.13. The molecule has 3 rings (SSSR count). The first-order valence-corrected chi connectivity index (χ1v) is 11.9. The number of carbonyl (C=O) groups excluding carboxylic acids is 2. The molecule has 0 aliphatic carbocycles. The van der Waals surface area contributed by atoms with Crippen LogP contribution in [-0.2, 0) is 19.7 Å². The maximum Gasteiger partial charge on any atom is 0.387 e. The maximum atomic E-state index is 13.8. The van der Waals surface area contributed by atoms with Crippen molar-refractivity contribution in [2.24, 2.45) is 0 Å². The maximum absolute atomic E-state index is 13.8. The fourth-order valence-corrected chi connectivity index (χ4v) is 4.13. The molecule has 0 radical (unpaired) electrons. The number of anilines is 1. The topological polar surface area (TPSA) is 80.8 Å². The van der Waals surface area contributed by atoms with E-state index < -0.39 is 17.9 Å². The van der Waals surface area contributed by atoms with E-state index in [1.54, 1.807) is 6.07 Å². The number of nitrogens with one attached hydrogen (secondary N) is 1. The van der Waals surface area contributed by atoms with Crippen molar-refractivity contribution in [3.63, 3.8) is 0 Å². The van der Waals surface area contributed by atoms with Gasteiger partial charge in [0.1, 0.15) is 12.1 Å². The van der Waals surface area contributed by atoms with Crippen molar-refractivity contribution in [1.82, 2.24) is 9.88 Å². The van der Waals surface area contributed by atoms with Crippen LogP contribution in [0.1, 0.15) is 58.1 Å². The summed E-state index contributed by atoms with van der Waals surface area (Å²) >= 11 is 5.86. The van der Waals surface area contributed by atoms with E-state index in [4.69, 9.17) is 16.3 Å². The normalized spacial score (nSPS) is 17.4. The standard InChI is InChI=1S/C23H26ClF2N3O4.C2H6/c1-4-32-13-29-12-23(10-19(29)30,17-8-6-5-7-16(17)14(2)3)21(31)28-20-18(33-22(25)26)9-15(24)11-27-20;1-2/h5-9,11,14,22H,4,10,12-13H2,1-3H3,(H,27,28,31);1-2H3. The van der Waals surface area contributed by atoms with Gasteiger partial charge in [0.05, 0.1) is 5.02 Å². The van der Waals surface area contributed by atoms with E-state index >= 15 is 0 Å². The number of likely N-dealkylation sites (tertiary alicyclic amines) is 1.